The first kappa shape index (κ1) is 24.2. The van der Waals surface area contributed by atoms with Gasteiger partial charge in [-0.15, -0.1) is 0 Å². The summed E-state index contributed by atoms with van der Waals surface area (Å²) in [5.74, 6) is -0.217. The molecule has 0 bridgehead atoms. The second-order valence-electron chi connectivity index (χ2n) is 9.81. The van der Waals surface area contributed by atoms with E-state index in [1.54, 1.807) is 12.2 Å². The predicted octanol–water partition coefficient (Wildman–Crippen LogP) is 4.33. The molecule has 3 aliphatic rings. The lowest BCUT2D eigenvalue weighted by Crippen LogP contribution is -2.25. The van der Waals surface area contributed by atoms with Crippen LogP contribution in [0.15, 0.2) is 24.0 Å². The van der Waals surface area contributed by atoms with Crippen molar-refractivity contribution in [2.24, 2.45) is 29.6 Å². The van der Waals surface area contributed by atoms with Crippen molar-refractivity contribution in [3.8, 4) is 0 Å². The van der Waals surface area contributed by atoms with E-state index in [0.29, 0.717) is 30.9 Å². The van der Waals surface area contributed by atoms with Gasteiger partial charge in [0.15, 0.2) is 6.17 Å². The number of halogens is 1. The van der Waals surface area contributed by atoms with Gasteiger partial charge in [0, 0.05) is 18.3 Å². The average Bonchev–Trinajstić information content (AvgIpc) is 3.40. The van der Waals surface area contributed by atoms with Gasteiger partial charge in [-0.2, -0.15) is 0 Å². The summed E-state index contributed by atoms with van der Waals surface area (Å²) in [4.78, 5) is 11.7. The first-order chi connectivity index (χ1) is 14.8. The second kappa shape index (κ2) is 11.0. The Morgan fingerprint density at radius 2 is 2.13 bits per heavy atom. The molecule has 2 aliphatic carbocycles. The molecule has 0 aromatic rings. The van der Waals surface area contributed by atoms with Crippen LogP contribution in [0.4, 0.5) is 4.39 Å². The summed E-state index contributed by atoms with van der Waals surface area (Å²) in [5, 5.41) is 20.8. The van der Waals surface area contributed by atoms with Gasteiger partial charge in [0.2, 0.25) is 0 Å². The summed E-state index contributed by atoms with van der Waals surface area (Å²) >= 11 is 0. The van der Waals surface area contributed by atoms with Gasteiger partial charge in [0.25, 0.3) is 0 Å². The number of allylic oxidation sites excluding steroid dienone is 2. The minimum atomic E-state index is -1.27. The molecule has 176 valence electrons. The number of methoxy groups -OCH3 is 1. The highest BCUT2D eigenvalue weighted by atomic mass is 19.1. The summed E-state index contributed by atoms with van der Waals surface area (Å²) in [6, 6.07) is 0. The normalized spacial score (nSPS) is 38.4. The van der Waals surface area contributed by atoms with Crippen molar-refractivity contribution in [1.29, 1.82) is 0 Å². The fourth-order valence-corrected chi connectivity index (χ4v) is 5.58. The third kappa shape index (κ3) is 5.89. The van der Waals surface area contributed by atoms with Crippen molar-refractivity contribution in [2.45, 2.75) is 89.7 Å². The summed E-state index contributed by atoms with van der Waals surface area (Å²) in [6.45, 7) is 4.30. The smallest absolute Gasteiger partial charge is 0.308 e. The molecule has 2 saturated carbocycles. The minimum absolute atomic E-state index is 0.113. The van der Waals surface area contributed by atoms with E-state index in [0.717, 1.165) is 32.1 Å². The topological polar surface area (TPSA) is 76.0 Å². The maximum absolute atomic E-state index is 15.3. The Bertz CT molecular complexity index is 662. The predicted molar refractivity (Wildman–Crippen MR) is 117 cm³/mol. The van der Waals surface area contributed by atoms with Crippen molar-refractivity contribution < 1.29 is 28.9 Å². The zero-order chi connectivity index (χ0) is 22.5. The minimum Gasteiger partial charge on any atom is -0.491 e. The molecule has 1 heterocycles. The van der Waals surface area contributed by atoms with Crippen LogP contribution < -0.4 is 0 Å². The zero-order valence-corrected chi connectivity index (χ0v) is 19.1. The fraction of sp³-hybridized carbons (Fsp3) is 0.800. The van der Waals surface area contributed by atoms with Crippen LogP contribution in [0.25, 0.3) is 0 Å². The summed E-state index contributed by atoms with van der Waals surface area (Å²) in [5.41, 5.74) is 0. The summed E-state index contributed by atoms with van der Waals surface area (Å²) in [6.07, 6.45) is 9.22. The molecule has 5 nitrogen and oxygen atoms in total. The van der Waals surface area contributed by atoms with Gasteiger partial charge in [0.1, 0.15) is 11.9 Å². The van der Waals surface area contributed by atoms with Crippen LogP contribution >= 0.6 is 0 Å². The van der Waals surface area contributed by atoms with Gasteiger partial charge >= 0.3 is 5.97 Å². The van der Waals surface area contributed by atoms with E-state index in [-0.39, 0.29) is 29.8 Å². The van der Waals surface area contributed by atoms with Crippen LogP contribution in [0.1, 0.15) is 65.2 Å². The molecule has 9 atom stereocenters. The standard InChI is InChI=1S/C25H39FO5/c1-4-5-6-15(2)11-18(27)9-10-19-20(28)14-21-23(19)24(26)22(31-21)13-16-7-8-17(12-16)25(29)30-3/h9-10,13,15-21,23-24,27-28H,4-8,11-12,14H2,1-3H3/b10-9+,22-13-/t15-,16-,17+,18+,19-,20+,21-,23+,24-/m0/s1. The van der Waals surface area contributed by atoms with E-state index >= 15 is 4.39 Å². The van der Waals surface area contributed by atoms with Gasteiger partial charge in [0.05, 0.1) is 25.2 Å². The number of hydrogen-bond donors (Lipinski definition) is 2. The number of alkyl halides is 1. The van der Waals surface area contributed by atoms with Gasteiger partial charge in [-0.05, 0) is 43.6 Å². The van der Waals surface area contributed by atoms with E-state index in [9.17, 15) is 15.0 Å². The van der Waals surface area contributed by atoms with E-state index in [1.165, 1.54) is 7.11 Å². The van der Waals surface area contributed by atoms with Gasteiger partial charge in [-0.3, -0.25) is 4.79 Å². The third-order valence-electron chi connectivity index (χ3n) is 7.35. The molecule has 0 unspecified atom stereocenters. The summed E-state index contributed by atoms with van der Waals surface area (Å²) < 4.78 is 26.1. The lowest BCUT2D eigenvalue weighted by molar-refractivity contribution is -0.145. The lowest BCUT2D eigenvalue weighted by atomic mass is 9.88. The molecular formula is C25H39FO5. The highest BCUT2D eigenvalue weighted by Crippen LogP contribution is 2.48. The Balaban J connectivity index is 1.59. The van der Waals surface area contributed by atoms with E-state index < -0.39 is 24.3 Å². The van der Waals surface area contributed by atoms with E-state index in [1.807, 2.05) is 6.08 Å². The maximum Gasteiger partial charge on any atom is 0.308 e. The van der Waals surface area contributed by atoms with E-state index in [4.69, 9.17) is 9.47 Å². The van der Waals surface area contributed by atoms with Crippen molar-refractivity contribution >= 4 is 5.97 Å². The molecule has 0 amide bonds. The first-order valence-corrected chi connectivity index (χ1v) is 12.0. The fourth-order valence-electron chi connectivity index (χ4n) is 5.58. The average molecular weight is 439 g/mol. The van der Waals surface area contributed by atoms with E-state index in [2.05, 4.69) is 13.8 Å². The third-order valence-corrected chi connectivity index (χ3v) is 7.35. The van der Waals surface area contributed by atoms with Gasteiger partial charge in [-0.1, -0.05) is 45.3 Å². The van der Waals surface area contributed by atoms with Crippen LogP contribution in [0, 0.1) is 29.6 Å². The molecule has 0 aromatic carbocycles. The van der Waals surface area contributed by atoms with Gasteiger partial charge in [-0.25, -0.2) is 4.39 Å². The number of esters is 1. The Morgan fingerprint density at radius 3 is 2.84 bits per heavy atom. The second-order valence-corrected chi connectivity index (χ2v) is 9.81. The molecule has 2 N–H and O–H groups in total. The number of fused-ring (bicyclic) bond motifs is 1. The number of aliphatic hydroxyl groups is 2. The van der Waals surface area contributed by atoms with Crippen LogP contribution in [0.3, 0.4) is 0 Å². The number of aliphatic hydroxyl groups excluding tert-OH is 2. The Labute approximate surface area is 185 Å². The van der Waals surface area contributed by atoms with Crippen molar-refractivity contribution in [3.63, 3.8) is 0 Å². The number of ether oxygens (including phenoxy) is 2. The first-order valence-electron chi connectivity index (χ1n) is 12.0. The Hall–Kier alpha value is -1.40. The van der Waals surface area contributed by atoms with Crippen molar-refractivity contribution in [3.05, 3.63) is 24.0 Å². The van der Waals surface area contributed by atoms with Gasteiger partial charge < -0.3 is 19.7 Å². The highest BCUT2D eigenvalue weighted by molar-refractivity contribution is 5.72. The monoisotopic (exact) mass is 438 g/mol. The van der Waals surface area contributed by atoms with Crippen LogP contribution in [0.5, 0.6) is 0 Å². The molecule has 0 radical (unpaired) electrons. The zero-order valence-electron chi connectivity index (χ0n) is 19.1. The largest absolute Gasteiger partial charge is 0.491 e. The molecule has 31 heavy (non-hydrogen) atoms. The number of rotatable bonds is 9. The highest BCUT2D eigenvalue weighted by Gasteiger charge is 2.53. The molecule has 6 heteroatoms. The number of hydrogen-bond acceptors (Lipinski definition) is 5. The quantitative estimate of drug-likeness (QED) is 0.414. The molecule has 1 saturated heterocycles. The van der Waals surface area contributed by atoms with Crippen LogP contribution in [-0.2, 0) is 14.3 Å². The Kier molecular flexibility index (Phi) is 8.57. The molecule has 3 fully saturated rings. The van der Waals surface area contributed by atoms with Crippen LogP contribution in [0.2, 0.25) is 0 Å². The molecule has 0 aromatic heterocycles. The van der Waals surface area contributed by atoms with Crippen LogP contribution in [-0.4, -0.2) is 47.8 Å². The molecule has 0 spiro atoms. The number of unbranched alkanes of at least 4 members (excludes halogenated alkanes) is 1. The Morgan fingerprint density at radius 1 is 1.35 bits per heavy atom. The number of carbonyl (C=O) groups is 1. The maximum atomic E-state index is 15.3. The SMILES string of the molecule is CCCC[C@H](C)C[C@H](O)/C=C/[C@@H]1[C@@H]2[C@H](C[C@H]1O)O/C(=C\[C@H]1CC[C@@H](C(=O)OC)C1)[C@@H]2F. The molecule has 1 aliphatic heterocycles. The molecular weight excluding hydrogens is 399 g/mol. The number of carbonyl (C=O) groups excluding carboxylic acids is 1. The van der Waals surface area contributed by atoms with Crippen molar-refractivity contribution in [1.82, 2.24) is 0 Å². The van der Waals surface area contributed by atoms with Crippen molar-refractivity contribution in [2.75, 3.05) is 7.11 Å². The summed E-state index contributed by atoms with van der Waals surface area (Å²) in [7, 11) is 1.40. The molecule has 3 rings (SSSR count). The lowest BCUT2D eigenvalue weighted by Gasteiger charge is -2.19.